The summed E-state index contributed by atoms with van der Waals surface area (Å²) in [6, 6.07) is 10.7. The highest BCUT2D eigenvalue weighted by atomic mass is 19.1. The van der Waals surface area contributed by atoms with Crippen LogP contribution in [0.5, 0.6) is 0 Å². The normalized spacial score (nSPS) is 26.5. The SMILES string of the molecule is FCCC1CCC(c2ccccc2)CC1. The third-order valence-corrected chi connectivity index (χ3v) is 3.64. The Morgan fingerprint density at radius 2 is 1.67 bits per heavy atom. The van der Waals surface area contributed by atoms with E-state index in [4.69, 9.17) is 0 Å². The Balaban J connectivity index is 1.88. The van der Waals surface area contributed by atoms with Crippen molar-refractivity contribution in [1.29, 1.82) is 0 Å². The summed E-state index contributed by atoms with van der Waals surface area (Å²) in [5, 5.41) is 0. The fourth-order valence-corrected chi connectivity index (χ4v) is 2.66. The maximum Gasteiger partial charge on any atom is 0.0897 e. The zero-order valence-corrected chi connectivity index (χ0v) is 9.16. The van der Waals surface area contributed by atoms with Crippen molar-refractivity contribution in [3.05, 3.63) is 35.9 Å². The molecule has 0 heterocycles. The van der Waals surface area contributed by atoms with E-state index >= 15 is 0 Å². The Hall–Kier alpha value is -0.850. The number of benzene rings is 1. The Morgan fingerprint density at radius 3 is 2.27 bits per heavy atom. The van der Waals surface area contributed by atoms with E-state index in [0.717, 1.165) is 12.3 Å². The van der Waals surface area contributed by atoms with Crippen molar-refractivity contribution in [3.8, 4) is 0 Å². The van der Waals surface area contributed by atoms with Crippen molar-refractivity contribution in [2.24, 2.45) is 5.92 Å². The minimum Gasteiger partial charge on any atom is -0.251 e. The average Bonchev–Trinajstić information content (AvgIpc) is 2.32. The van der Waals surface area contributed by atoms with E-state index in [-0.39, 0.29) is 6.67 Å². The van der Waals surface area contributed by atoms with Crippen LogP contribution in [-0.4, -0.2) is 6.67 Å². The van der Waals surface area contributed by atoms with Gasteiger partial charge >= 0.3 is 0 Å². The lowest BCUT2D eigenvalue weighted by Gasteiger charge is -2.28. The zero-order chi connectivity index (χ0) is 10.5. The molecule has 0 unspecified atom stereocenters. The summed E-state index contributed by atoms with van der Waals surface area (Å²) in [4.78, 5) is 0. The molecule has 2 rings (SSSR count). The van der Waals surface area contributed by atoms with Crippen LogP contribution in [-0.2, 0) is 0 Å². The van der Waals surface area contributed by atoms with Crippen molar-refractivity contribution in [2.45, 2.75) is 38.0 Å². The van der Waals surface area contributed by atoms with Gasteiger partial charge in [-0.1, -0.05) is 30.3 Å². The third kappa shape index (κ3) is 2.80. The second-order valence-electron chi connectivity index (χ2n) is 4.61. The minimum absolute atomic E-state index is 0.138. The summed E-state index contributed by atoms with van der Waals surface area (Å²) in [7, 11) is 0. The minimum atomic E-state index is -0.138. The van der Waals surface area contributed by atoms with Gasteiger partial charge < -0.3 is 0 Å². The van der Waals surface area contributed by atoms with Crippen molar-refractivity contribution >= 4 is 0 Å². The number of hydrogen-bond acceptors (Lipinski definition) is 0. The van der Waals surface area contributed by atoms with Crippen LogP contribution in [0.2, 0.25) is 0 Å². The van der Waals surface area contributed by atoms with Crippen molar-refractivity contribution in [2.75, 3.05) is 6.67 Å². The summed E-state index contributed by atoms with van der Waals surface area (Å²) in [6.07, 6.45) is 5.69. The van der Waals surface area contributed by atoms with Gasteiger partial charge in [-0.05, 0) is 49.5 Å². The maximum atomic E-state index is 12.2. The molecule has 1 saturated carbocycles. The highest BCUT2D eigenvalue weighted by molar-refractivity contribution is 5.19. The van der Waals surface area contributed by atoms with E-state index < -0.39 is 0 Å². The van der Waals surface area contributed by atoms with Crippen LogP contribution >= 0.6 is 0 Å². The monoisotopic (exact) mass is 206 g/mol. The second-order valence-corrected chi connectivity index (χ2v) is 4.61. The Labute approximate surface area is 91.5 Å². The van der Waals surface area contributed by atoms with Crippen LogP contribution in [0.3, 0.4) is 0 Å². The molecule has 0 nitrogen and oxygen atoms in total. The van der Waals surface area contributed by atoms with Gasteiger partial charge in [0.25, 0.3) is 0 Å². The maximum absolute atomic E-state index is 12.2. The van der Waals surface area contributed by atoms with Gasteiger partial charge in [0.15, 0.2) is 0 Å². The molecule has 0 aromatic heterocycles. The summed E-state index contributed by atoms with van der Waals surface area (Å²) < 4.78 is 12.2. The van der Waals surface area contributed by atoms with Crippen molar-refractivity contribution in [3.63, 3.8) is 0 Å². The van der Waals surface area contributed by atoms with Gasteiger partial charge in [-0.2, -0.15) is 0 Å². The third-order valence-electron chi connectivity index (χ3n) is 3.64. The number of hydrogen-bond donors (Lipinski definition) is 0. The largest absolute Gasteiger partial charge is 0.251 e. The van der Waals surface area contributed by atoms with Gasteiger partial charge in [-0.3, -0.25) is 4.39 Å². The first-order chi connectivity index (χ1) is 7.40. The summed E-state index contributed by atoms with van der Waals surface area (Å²) in [5.41, 5.74) is 1.47. The van der Waals surface area contributed by atoms with E-state index in [9.17, 15) is 4.39 Å². The molecule has 0 bridgehead atoms. The fourth-order valence-electron chi connectivity index (χ4n) is 2.66. The lowest BCUT2D eigenvalue weighted by atomic mass is 9.78. The molecule has 0 saturated heterocycles. The zero-order valence-electron chi connectivity index (χ0n) is 9.16. The molecule has 0 spiro atoms. The summed E-state index contributed by atoms with van der Waals surface area (Å²) in [6.45, 7) is -0.138. The molecule has 0 N–H and O–H groups in total. The first-order valence-corrected chi connectivity index (χ1v) is 6.01. The van der Waals surface area contributed by atoms with Gasteiger partial charge in [-0.25, -0.2) is 0 Å². The standard InChI is InChI=1S/C14H19F/c15-11-10-12-6-8-14(9-7-12)13-4-2-1-3-5-13/h1-5,12,14H,6-11H2. The highest BCUT2D eigenvalue weighted by Crippen LogP contribution is 2.36. The predicted octanol–water partition coefficient (Wildman–Crippen LogP) is 4.32. The Bertz CT molecular complexity index is 273. The number of rotatable bonds is 3. The van der Waals surface area contributed by atoms with E-state index in [0.29, 0.717) is 5.92 Å². The fraction of sp³-hybridized carbons (Fsp3) is 0.571. The smallest absolute Gasteiger partial charge is 0.0897 e. The number of alkyl halides is 1. The van der Waals surface area contributed by atoms with E-state index in [1.165, 1.54) is 31.2 Å². The van der Waals surface area contributed by atoms with Gasteiger partial charge in [0.1, 0.15) is 0 Å². The molecule has 0 aliphatic heterocycles. The number of halogens is 1. The second kappa shape index (κ2) is 5.29. The molecule has 1 fully saturated rings. The van der Waals surface area contributed by atoms with Crippen LogP contribution < -0.4 is 0 Å². The predicted molar refractivity (Wildman–Crippen MR) is 61.7 cm³/mol. The van der Waals surface area contributed by atoms with Crippen LogP contribution in [0.25, 0.3) is 0 Å². The van der Waals surface area contributed by atoms with Crippen LogP contribution in [0.1, 0.15) is 43.6 Å². The molecule has 1 aliphatic rings. The highest BCUT2D eigenvalue weighted by Gasteiger charge is 2.21. The molecule has 1 aromatic rings. The van der Waals surface area contributed by atoms with Gasteiger partial charge in [0, 0.05) is 0 Å². The Kier molecular flexibility index (Phi) is 3.76. The quantitative estimate of drug-likeness (QED) is 0.691. The van der Waals surface area contributed by atoms with Gasteiger partial charge in [-0.15, -0.1) is 0 Å². The van der Waals surface area contributed by atoms with Crippen molar-refractivity contribution in [1.82, 2.24) is 0 Å². The van der Waals surface area contributed by atoms with Gasteiger partial charge in [0.2, 0.25) is 0 Å². The molecule has 82 valence electrons. The molecule has 0 atom stereocenters. The Morgan fingerprint density at radius 1 is 1.00 bits per heavy atom. The van der Waals surface area contributed by atoms with E-state index in [1.807, 2.05) is 0 Å². The topological polar surface area (TPSA) is 0 Å². The molecule has 1 heteroatoms. The first-order valence-electron chi connectivity index (χ1n) is 6.01. The van der Waals surface area contributed by atoms with E-state index in [2.05, 4.69) is 30.3 Å². The summed E-state index contributed by atoms with van der Waals surface area (Å²) >= 11 is 0. The molecular weight excluding hydrogens is 187 g/mol. The van der Waals surface area contributed by atoms with Crippen LogP contribution in [0, 0.1) is 5.92 Å². The molecular formula is C14H19F. The molecule has 0 radical (unpaired) electrons. The molecule has 1 aromatic carbocycles. The van der Waals surface area contributed by atoms with Crippen molar-refractivity contribution < 1.29 is 4.39 Å². The lowest BCUT2D eigenvalue weighted by Crippen LogP contribution is -2.13. The van der Waals surface area contributed by atoms with Crippen LogP contribution in [0.15, 0.2) is 30.3 Å². The lowest BCUT2D eigenvalue weighted by molar-refractivity contribution is 0.283. The average molecular weight is 206 g/mol. The molecule has 0 amide bonds. The summed E-state index contributed by atoms with van der Waals surface area (Å²) in [5.74, 6) is 1.37. The van der Waals surface area contributed by atoms with Crippen LogP contribution in [0.4, 0.5) is 4.39 Å². The molecule has 1 aliphatic carbocycles. The first kappa shape index (κ1) is 10.7. The van der Waals surface area contributed by atoms with Gasteiger partial charge in [0.05, 0.1) is 6.67 Å². The molecule has 15 heavy (non-hydrogen) atoms. The van der Waals surface area contributed by atoms with E-state index in [1.54, 1.807) is 0 Å².